The van der Waals surface area contributed by atoms with E-state index in [4.69, 9.17) is 0 Å². The Morgan fingerprint density at radius 1 is 1.27 bits per heavy atom. The van der Waals surface area contributed by atoms with Gasteiger partial charge in [0.25, 0.3) is 5.56 Å². The topological polar surface area (TPSA) is 87.8 Å². The summed E-state index contributed by atoms with van der Waals surface area (Å²) in [6.07, 6.45) is 0. The summed E-state index contributed by atoms with van der Waals surface area (Å²) in [6.45, 7) is 5.38. The van der Waals surface area contributed by atoms with E-state index >= 15 is 0 Å². The van der Waals surface area contributed by atoms with Gasteiger partial charge < -0.3 is 5.32 Å². The maximum Gasteiger partial charge on any atom is 0.266 e. The molecular weight excluding hydrogens is 403 g/mol. The summed E-state index contributed by atoms with van der Waals surface area (Å²) < 4.78 is 14.7. The Morgan fingerprint density at radius 2 is 1.93 bits per heavy atom. The Bertz CT molecular complexity index is 1180. The second-order valence-electron chi connectivity index (χ2n) is 7.33. The second-order valence-corrected chi connectivity index (χ2v) is 8.28. The van der Waals surface area contributed by atoms with E-state index in [1.54, 1.807) is 31.2 Å². The number of nitrogens with zero attached hydrogens (tertiary/aromatic N) is 3. The Morgan fingerprint density at radius 3 is 2.57 bits per heavy atom. The van der Waals surface area contributed by atoms with Gasteiger partial charge in [-0.05, 0) is 49.2 Å². The third-order valence-corrected chi connectivity index (χ3v) is 5.89. The van der Waals surface area contributed by atoms with Crippen molar-refractivity contribution in [3.05, 3.63) is 64.7 Å². The van der Waals surface area contributed by atoms with Gasteiger partial charge in [0.1, 0.15) is 11.4 Å². The average Bonchev–Trinajstić information content (AvgIpc) is 2.73. The lowest BCUT2D eigenvalue weighted by Crippen LogP contribution is -2.49. The summed E-state index contributed by atoms with van der Waals surface area (Å²) in [5.41, 5.74) is -0.343. The first-order valence-corrected chi connectivity index (χ1v) is 10.4. The lowest BCUT2D eigenvalue weighted by atomic mass is 9.90. The number of carbonyl (C=O) groups is 1. The van der Waals surface area contributed by atoms with Gasteiger partial charge in [-0.3, -0.25) is 14.2 Å². The van der Waals surface area contributed by atoms with Gasteiger partial charge >= 0.3 is 0 Å². The van der Waals surface area contributed by atoms with Crippen LogP contribution in [0.1, 0.15) is 20.8 Å². The van der Waals surface area contributed by atoms with Gasteiger partial charge in [0.05, 0.1) is 28.4 Å². The first-order valence-electron chi connectivity index (χ1n) is 9.38. The zero-order valence-electron chi connectivity index (χ0n) is 16.8. The van der Waals surface area contributed by atoms with Gasteiger partial charge in [-0.1, -0.05) is 37.7 Å². The van der Waals surface area contributed by atoms with E-state index in [1.165, 1.54) is 28.8 Å². The summed E-state index contributed by atoms with van der Waals surface area (Å²) in [5, 5.41) is 12.9. The first-order chi connectivity index (χ1) is 14.2. The molecule has 1 atom stereocenters. The van der Waals surface area contributed by atoms with Gasteiger partial charge in [0.15, 0.2) is 5.16 Å². The van der Waals surface area contributed by atoms with Crippen LogP contribution in [0.25, 0.3) is 16.6 Å². The van der Waals surface area contributed by atoms with Crippen LogP contribution >= 0.6 is 11.8 Å². The van der Waals surface area contributed by atoms with Crippen molar-refractivity contribution in [2.45, 2.75) is 31.5 Å². The van der Waals surface area contributed by atoms with Crippen molar-refractivity contribution >= 4 is 28.6 Å². The number of para-hydroxylation sites is 1. The molecule has 3 rings (SSSR count). The van der Waals surface area contributed by atoms with Crippen LogP contribution in [0.4, 0.5) is 4.39 Å². The van der Waals surface area contributed by atoms with Crippen molar-refractivity contribution in [2.75, 3.05) is 5.75 Å². The van der Waals surface area contributed by atoms with Crippen LogP contribution in [0, 0.1) is 23.1 Å². The van der Waals surface area contributed by atoms with E-state index in [-0.39, 0.29) is 23.1 Å². The Labute approximate surface area is 177 Å². The number of nitrogens with one attached hydrogen (secondary N) is 1. The predicted octanol–water partition coefficient (Wildman–Crippen LogP) is 3.67. The van der Waals surface area contributed by atoms with Gasteiger partial charge in [-0.15, -0.1) is 0 Å². The number of thioether (sulfide) groups is 1. The first kappa shape index (κ1) is 21.5. The van der Waals surface area contributed by atoms with Crippen molar-refractivity contribution in [3.8, 4) is 11.8 Å². The molecule has 0 radical (unpaired) electrons. The number of fused-ring (bicyclic) bond motifs is 1. The number of hydrogen-bond donors (Lipinski definition) is 1. The predicted molar refractivity (Wildman–Crippen MR) is 115 cm³/mol. The molecule has 0 bridgehead atoms. The van der Waals surface area contributed by atoms with E-state index < -0.39 is 11.4 Å². The summed E-state index contributed by atoms with van der Waals surface area (Å²) in [7, 11) is 0. The van der Waals surface area contributed by atoms with Crippen LogP contribution < -0.4 is 10.9 Å². The van der Waals surface area contributed by atoms with Crippen molar-refractivity contribution < 1.29 is 9.18 Å². The molecule has 0 aliphatic rings. The number of halogens is 1. The molecular formula is C22H21FN4O2S. The molecule has 3 aromatic rings. The summed E-state index contributed by atoms with van der Waals surface area (Å²) in [5.74, 6) is -0.868. The van der Waals surface area contributed by atoms with Crippen LogP contribution in [0.3, 0.4) is 0 Å². The fourth-order valence-corrected chi connectivity index (χ4v) is 3.60. The van der Waals surface area contributed by atoms with Crippen molar-refractivity contribution in [1.29, 1.82) is 5.26 Å². The van der Waals surface area contributed by atoms with Crippen LogP contribution in [0.15, 0.2) is 58.5 Å². The molecule has 1 N–H and O–H groups in total. The van der Waals surface area contributed by atoms with Crippen molar-refractivity contribution in [2.24, 2.45) is 5.92 Å². The minimum atomic E-state index is -0.995. The van der Waals surface area contributed by atoms with E-state index in [1.807, 2.05) is 13.8 Å². The normalized spacial score (nSPS) is 13.1. The fourth-order valence-electron chi connectivity index (χ4n) is 2.78. The maximum absolute atomic E-state index is 13.4. The van der Waals surface area contributed by atoms with E-state index in [0.717, 1.165) is 11.8 Å². The smallest absolute Gasteiger partial charge is 0.266 e. The molecule has 1 unspecified atom stereocenters. The molecule has 0 spiro atoms. The zero-order chi connectivity index (χ0) is 21.9. The largest absolute Gasteiger partial charge is 0.337 e. The summed E-state index contributed by atoms with van der Waals surface area (Å²) in [6, 6.07) is 14.6. The molecule has 1 aromatic heterocycles. The molecule has 1 heterocycles. The number of benzene rings is 2. The number of carbonyl (C=O) groups excluding carboxylic acids is 1. The number of hydrogen-bond acceptors (Lipinski definition) is 5. The van der Waals surface area contributed by atoms with E-state index in [0.29, 0.717) is 21.7 Å². The average molecular weight is 425 g/mol. The highest BCUT2D eigenvalue weighted by atomic mass is 32.2. The maximum atomic E-state index is 13.4. The number of nitriles is 1. The van der Waals surface area contributed by atoms with Gasteiger partial charge in [0.2, 0.25) is 5.91 Å². The number of amides is 1. The fraction of sp³-hybridized carbons (Fsp3) is 0.273. The lowest BCUT2D eigenvalue weighted by Gasteiger charge is -2.27. The summed E-state index contributed by atoms with van der Waals surface area (Å²) in [4.78, 5) is 30.2. The molecule has 6 nitrogen and oxygen atoms in total. The molecule has 0 saturated carbocycles. The quantitative estimate of drug-likeness (QED) is 0.482. The monoisotopic (exact) mass is 424 g/mol. The Balaban J connectivity index is 1.98. The van der Waals surface area contributed by atoms with Crippen LogP contribution in [0.5, 0.6) is 0 Å². The minimum absolute atomic E-state index is 0.0318. The highest BCUT2D eigenvalue weighted by Crippen LogP contribution is 2.22. The lowest BCUT2D eigenvalue weighted by molar-refractivity contribution is -0.120. The molecule has 0 aliphatic heterocycles. The number of aromatic nitrogens is 2. The van der Waals surface area contributed by atoms with Crippen LogP contribution in [0.2, 0.25) is 0 Å². The third kappa shape index (κ3) is 4.36. The molecule has 30 heavy (non-hydrogen) atoms. The molecule has 0 aliphatic carbocycles. The molecule has 0 saturated heterocycles. The SMILES string of the molecule is CC(C)C(C)(C#N)NC(=O)CSc1nc2ccccc2c(=O)n1-c1ccc(F)cc1. The van der Waals surface area contributed by atoms with E-state index in [9.17, 15) is 19.2 Å². The minimum Gasteiger partial charge on any atom is -0.337 e. The Kier molecular flexibility index (Phi) is 6.22. The standard InChI is InChI=1S/C22H21FN4O2S/c1-14(2)22(3,13-24)26-19(28)12-30-21-25-18-7-5-4-6-17(18)20(29)27(21)16-10-8-15(23)9-11-16/h4-11,14H,12H2,1-3H3,(H,26,28). The van der Waals surface area contributed by atoms with Gasteiger partial charge in [-0.2, -0.15) is 5.26 Å². The van der Waals surface area contributed by atoms with Gasteiger partial charge in [-0.25, -0.2) is 9.37 Å². The molecule has 154 valence electrons. The molecule has 8 heteroatoms. The molecule has 2 aromatic carbocycles. The van der Waals surface area contributed by atoms with Crippen molar-refractivity contribution in [1.82, 2.24) is 14.9 Å². The summed E-state index contributed by atoms with van der Waals surface area (Å²) >= 11 is 1.08. The third-order valence-electron chi connectivity index (χ3n) is 4.95. The van der Waals surface area contributed by atoms with Crippen LogP contribution in [-0.4, -0.2) is 26.8 Å². The Hall–Kier alpha value is -3.18. The zero-order valence-corrected chi connectivity index (χ0v) is 17.7. The second kappa shape index (κ2) is 8.67. The highest BCUT2D eigenvalue weighted by molar-refractivity contribution is 7.99. The highest BCUT2D eigenvalue weighted by Gasteiger charge is 2.30. The van der Waals surface area contributed by atoms with Gasteiger partial charge in [0, 0.05) is 0 Å². The van der Waals surface area contributed by atoms with Crippen molar-refractivity contribution in [3.63, 3.8) is 0 Å². The molecule has 0 fully saturated rings. The van der Waals surface area contributed by atoms with Crippen LogP contribution in [-0.2, 0) is 4.79 Å². The molecule has 1 amide bonds. The number of rotatable bonds is 6. The van der Waals surface area contributed by atoms with E-state index in [2.05, 4.69) is 16.4 Å².